The highest BCUT2D eigenvalue weighted by atomic mass is 16.5. The lowest BCUT2D eigenvalue weighted by Crippen LogP contribution is -2.06. The quantitative estimate of drug-likeness (QED) is 0.847. The summed E-state index contributed by atoms with van der Waals surface area (Å²) in [5, 5.41) is 23.5. The van der Waals surface area contributed by atoms with E-state index in [0.717, 1.165) is 29.6 Å². The third kappa shape index (κ3) is 3.13. The van der Waals surface area contributed by atoms with Crippen LogP contribution in [0.3, 0.4) is 0 Å². The maximum absolute atomic E-state index is 10.0. The van der Waals surface area contributed by atoms with Crippen LogP contribution in [0.25, 0.3) is 17.0 Å². The van der Waals surface area contributed by atoms with Crippen LogP contribution in [0.1, 0.15) is 44.5 Å². The van der Waals surface area contributed by atoms with Crippen LogP contribution in [-0.4, -0.2) is 21.4 Å². The number of fused-ring (bicyclic) bond motifs is 1. The van der Waals surface area contributed by atoms with Crippen molar-refractivity contribution in [3.8, 4) is 23.3 Å². The van der Waals surface area contributed by atoms with Gasteiger partial charge >= 0.3 is 0 Å². The van der Waals surface area contributed by atoms with Crippen LogP contribution in [0.2, 0.25) is 0 Å². The van der Waals surface area contributed by atoms with Gasteiger partial charge in [-0.2, -0.15) is 10.2 Å². The summed E-state index contributed by atoms with van der Waals surface area (Å²) in [6.45, 7) is 3.82. The van der Waals surface area contributed by atoms with Crippen molar-refractivity contribution in [2.75, 3.05) is 0 Å². The van der Waals surface area contributed by atoms with Crippen LogP contribution < -0.4 is 4.74 Å². The van der Waals surface area contributed by atoms with Crippen molar-refractivity contribution in [2.45, 2.75) is 39.2 Å². The van der Waals surface area contributed by atoms with E-state index in [2.05, 4.69) is 16.2 Å². The van der Waals surface area contributed by atoms with Crippen molar-refractivity contribution >= 4 is 5.57 Å². The summed E-state index contributed by atoms with van der Waals surface area (Å²) in [6.07, 6.45) is 6.13. The highest BCUT2D eigenvalue weighted by Gasteiger charge is 2.26. The van der Waals surface area contributed by atoms with Gasteiger partial charge in [0.05, 0.1) is 17.4 Å². The molecule has 0 radical (unpaired) electrons. The molecule has 6 heteroatoms. The molecule has 0 bridgehead atoms. The highest BCUT2D eigenvalue weighted by Crippen LogP contribution is 2.40. The molecule has 0 atom stereocenters. The number of hydrogen-bond donors (Lipinski definition) is 1. The molecule has 2 aromatic rings. The maximum atomic E-state index is 10.0. The van der Waals surface area contributed by atoms with Crippen LogP contribution in [0, 0.1) is 11.3 Å². The summed E-state index contributed by atoms with van der Waals surface area (Å²) < 4.78 is 11.1. The Hall–Kier alpha value is -3.33. The molecule has 1 aromatic heterocycles. The van der Waals surface area contributed by atoms with E-state index in [9.17, 15) is 10.4 Å². The number of ether oxygens (including phenoxy) is 1. The molecule has 27 heavy (non-hydrogen) atoms. The van der Waals surface area contributed by atoms with E-state index in [0.29, 0.717) is 40.8 Å². The van der Waals surface area contributed by atoms with Crippen LogP contribution in [0.15, 0.2) is 51.8 Å². The van der Waals surface area contributed by atoms with Crippen molar-refractivity contribution in [1.29, 1.82) is 5.26 Å². The maximum Gasteiger partial charge on any atom is 0.258 e. The standard InChI is InChI=1S/C21H19N3O3/c1-12(2)26-19-9-6-13(10-14(19)11-22)21-23-20(24-27-21)17-5-3-4-16-15(17)7-8-18(16)25/h3,5-6,9-10,12,25H,4,7-8H2,1-2H3. The first-order chi connectivity index (χ1) is 13.1. The summed E-state index contributed by atoms with van der Waals surface area (Å²) in [5.41, 5.74) is 4.03. The Balaban J connectivity index is 1.69. The Morgan fingerprint density at radius 1 is 1.26 bits per heavy atom. The second-order valence-electron chi connectivity index (χ2n) is 6.84. The van der Waals surface area contributed by atoms with Crippen molar-refractivity contribution in [3.63, 3.8) is 0 Å². The number of nitrogens with zero attached hydrogens (tertiary/aromatic N) is 3. The monoisotopic (exact) mass is 361 g/mol. The van der Waals surface area contributed by atoms with E-state index in [1.54, 1.807) is 18.2 Å². The molecule has 0 spiro atoms. The molecule has 6 nitrogen and oxygen atoms in total. The zero-order chi connectivity index (χ0) is 19.0. The van der Waals surface area contributed by atoms with Gasteiger partial charge in [-0.15, -0.1) is 0 Å². The Labute approximate surface area is 157 Å². The Morgan fingerprint density at radius 3 is 2.89 bits per heavy atom. The van der Waals surface area contributed by atoms with Crippen LogP contribution in [-0.2, 0) is 0 Å². The largest absolute Gasteiger partial charge is 0.512 e. The molecule has 0 saturated heterocycles. The van der Waals surface area contributed by atoms with Crippen molar-refractivity contribution in [3.05, 3.63) is 58.6 Å². The molecule has 1 N–H and O–H groups in total. The van der Waals surface area contributed by atoms with Gasteiger partial charge in [0.2, 0.25) is 5.82 Å². The number of aliphatic hydroxyl groups excluding tert-OH is 1. The Morgan fingerprint density at radius 2 is 2.11 bits per heavy atom. The normalized spacial score (nSPS) is 16.1. The predicted octanol–water partition coefficient (Wildman–Crippen LogP) is 4.71. The van der Waals surface area contributed by atoms with Crippen LogP contribution >= 0.6 is 0 Å². The molecule has 136 valence electrons. The van der Waals surface area contributed by atoms with E-state index in [1.165, 1.54) is 0 Å². The van der Waals surface area contributed by atoms with E-state index < -0.39 is 0 Å². The molecule has 2 aliphatic carbocycles. The fourth-order valence-electron chi connectivity index (χ4n) is 3.42. The summed E-state index contributed by atoms with van der Waals surface area (Å²) in [6, 6.07) is 7.39. The predicted molar refractivity (Wildman–Crippen MR) is 99.8 cm³/mol. The zero-order valence-electron chi connectivity index (χ0n) is 15.2. The Kier molecular flexibility index (Phi) is 4.28. The fraction of sp³-hybridized carbons (Fsp3) is 0.286. The smallest absolute Gasteiger partial charge is 0.258 e. The van der Waals surface area contributed by atoms with E-state index in [-0.39, 0.29) is 6.10 Å². The van der Waals surface area contributed by atoms with Gasteiger partial charge in [-0.1, -0.05) is 17.3 Å². The SMILES string of the molecule is CC(C)Oc1ccc(-c2nc(C3=C4CCC(O)=C4CC=C3)no2)cc1C#N. The fourth-order valence-corrected chi connectivity index (χ4v) is 3.42. The van der Waals surface area contributed by atoms with Crippen molar-refractivity contribution in [2.24, 2.45) is 0 Å². The molecule has 1 heterocycles. The first kappa shape index (κ1) is 17.1. The molecule has 1 aromatic carbocycles. The average molecular weight is 361 g/mol. The highest BCUT2D eigenvalue weighted by molar-refractivity contribution is 5.79. The minimum atomic E-state index is -0.0189. The number of rotatable bonds is 4. The van der Waals surface area contributed by atoms with Gasteiger partial charge in [-0.05, 0) is 56.0 Å². The lowest BCUT2D eigenvalue weighted by Gasteiger charge is -2.12. The summed E-state index contributed by atoms with van der Waals surface area (Å²) >= 11 is 0. The zero-order valence-corrected chi connectivity index (χ0v) is 15.2. The molecule has 4 rings (SSSR count). The van der Waals surface area contributed by atoms with Gasteiger partial charge in [-0.25, -0.2) is 0 Å². The summed E-state index contributed by atoms with van der Waals surface area (Å²) in [4.78, 5) is 4.51. The summed E-state index contributed by atoms with van der Waals surface area (Å²) in [7, 11) is 0. The minimum absolute atomic E-state index is 0.0189. The Bertz CT molecular complexity index is 1040. The van der Waals surface area contributed by atoms with Gasteiger partial charge in [0, 0.05) is 17.6 Å². The van der Waals surface area contributed by atoms with Gasteiger partial charge in [0.25, 0.3) is 5.89 Å². The van der Waals surface area contributed by atoms with Crippen molar-refractivity contribution < 1.29 is 14.4 Å². The molecule has 0 saturated carbocycles. The molecular formula is C21H19N3O3. The lowest BCUT2D eigenvalue weighted by molar-refractivity contribution is 0.241. The number of benzene rings is 1. The molecule has 0 amide bonds. The van der Waals surface area contributed by atoms with Gasteiger partial charge in [0.1, 0.15) is 11.8 Å². The third-order valence-electron chi connectivity index (χ3n) is 4.63. The van der Waals surface area contributed by atoms with Crippen LogP contribution in [0.4, 0.5) is 0 Å². The van der Waals surface area contributed by atoms with E-state index in [4.69, 9.17) is 9.26 Å². The first-order valence-electron chi connectivity index (χ1n) is 8.93. The van der Waals surface area contributed by atoms with Gasteiger partial charge in [-0.3, -0.25) is 0 Å². The second kappa shape index (κ2) is 6.76. The number of nitriles is 1. The number of aliphatic hydroxyl groups is 1. The minimum Gasteiger partial charge on any atom is -0.512 e. The van der Waals surface area contributed by atoms with E-state index in [1.807, 2.05) is 26.0 Å². The number of aromatic nitrogens is 2. The molecular weight excluding hydrogens is 342 g/mol. The molecule has 0 unspecified atom stereocenters. The van der Waals surface area contributed by atoms with E-state index >= 15 is 0 Å². The number of allylic oxidation sites excluding steroid dienone is 6. The third-order valence-corrected chi connectivity index (χ3v) is 4.63. The van der Waals surface area contributed by atoms with Crippen molar-refractivity contribution in [1.82, 2.24) is 10.1 Å². The number of hydrogen-bond acceptors (Lipinski definition) is 6. The molecule has 2 aliphatic rings. The van der Waals surface area contributed by atoms with Gasteiger partial charge < -0.3 is 14.4 Å². The topological polar surface area (TPSA) is 92.2 Å². The lowest BCUT2D eigenvalue weighted by atomic mass is 9.94. The molecule has 0 fully saturated rings. The average Bonchev–Trinajstić information content (AvgIpc) is 3.29. The second-order valence-corrected chi connectivity index (χ2v) is 6.84. The first-order valence-corrected chi connectivity index (χ1v) is 8.93. The van der Waals surface area contributed by atoms with Crippen LogP contribution in [0.5, 0.6) is 5.75 Å². The van der Waals surface area contributed by atoms with Gasteiger partial charge in [0.15, 0.2) is 0 Å². The molecule has 0 aliphatic heterocycles. The summed E-state index contributed by atoms with van der Waals surface area (Å²) in [5.74, 6) is 1.82.